The van der Waals surface area contributed by atoms with Gasteiger partial charge in [-0.25, -0.2) is 4.68 Å². The number of hydrogen-bond donors (Lipinski definition) is 1. The van der Waals surface area contributed by atoms with E-state index in [9.17, 15) is 4.79 Å². The van der Waals surface area contributed by atoms with Crippen LogP contribution in [0.2, 0.25) is 0 Å². The van der Waals surface area contributed by atoms with Crippen molar-refractivity contribution in [2.75, 3.05) is 5.32 Å². The van der Waals surface area contributed by atoms with Crippen LogP contribution in [0.4, 0.5) is 5.69 Å². The number of rotatable bonds is 5. The van der Waals surface area contributed by atoms with E-state index < -0.39 is 0 Å². The highest BCUT2D eigenvalue weighted by Gasteiger charge is 2.13. The minimum Gasteiger partial charge on any atom is -0.471 e. The minimum absolute atomic E-state index is 0.240. The zero-order valence-corrected chi connectivity index (χ0v) is 13.9. The molecule has 0 aliphatic heterocycles. The second-order valence-electron chi connectivity index (χ2n) is 5.50. The van der Waals surface area contributed by atoms with Crippen LogP contribution in [0.5, 0.6) is 5.75 Å². The van der Waals surface area contributed by atoms with Crippen LogP contribution in [0.25, 0.3) is 0 Å². The Kier molecular flexibility index (Phi) is 4.33. The monoisotopic (exact) mass is 325 g/mol. The van der Waals surface area contributed by atoms with Crippen molar-refractivity contribution in [2.24, 2.45) is 7.05 Å². The van der Waals surface area contributed by atoms with Gasteiger partial charge in [-0.2, -0.15) is 10.2 Å². The Bertz CT molecular complexity index is 866. The van der Waals surface area contributed by atoms with E-state index in [1.165, 1.54) is 0 Å². The first-order valence-corrected chi connectivity index (χ1v) is 7.56. The van der Waals surface area contributed by atoms with Gasteiger partial charge in [0, 0.05) is 13.2 Å². The summed E-state index contributed by atoms with van der Waals surface area (Å²) in [5.74, 6) is 0.519. The van der Waals surface area contributed by atoms with Gasteiger partial charge in [-0.05, 0) is 31.5 Å². The van der Waals surface area contributed by atoms with Gasteiger partial charge in [0.2, 0.25) is 0 Å². The topological polar surface area (TPSA) is 74.0 Å². The highest BCUT2D eigenvalue weighted by molar-refractivity contribution is 6.03. The summed E-state index contributed by atoms with van der Waals surface area (Å²) in [7, 11) is 1.82. The standard InChI is InChI=1S/C17H19N5O2/c1-12-6-4-5-7-16(12)24-11-22-9-8-14(20-22)17(23)19-15-10-18-21(3)13(15)2/h4-10H,11H2,1-3H3,(H,19,23). The van der Waals surface area contributed by atoms with Crippen LogP contribution in [0.15, 0.2) is 42.7 Å². The number of amides is 1. The molecule has 1 amide bonds. The van der Waals surface area contributed by atoms with E-state index in [0.717, 1.165) is 17.0 Å². The summed E-state index contributed by atoms with van der Waals surface area (Å²) in [6.45, 7) is 4.11. The molecule has 2 aromatic heterocycles. The van der Waals surface area contributed by atoms with Crippen molar-refractivity contribution in [1.29, 1.82) is 0 Å². The fourth-order valence-electron chi connectivity index (χ4n) is 2.22. The van der Waals surface area contributed by atoms with Gasteiger partial charge in [0.1, 0.15) is 5.75 Å². The zero-order chi connectivity index (χ0) is 17.1. The number of aromatic nitrogens is 4. The second-order valence-corrected chi connectivity index (χ2v) is 5.50. The number of ether oxygens (including phenoxy) is 1. The summed E-state index contributed by atoms with van der Waals surface area (Å²) in [6, 6.07) is 9.41. The molecule has 0 saturated heterocycles. The van der Waals surface area contributed by atoms with Crippen LogP contribution in [-0.2, 0) is 13.8 Å². The number of carbonyl (C=O) groups is 1. The maximum Gasteiger partial charge on any atom is 0.276 e. The van der Waals surface area contributed by atoms with Gasteiger partial charge in [-0.1, -0.05) is 18.2 Å². The molecule has 3 aromatic rings. The Morgan fingerprint density at radius 1 is 1.25 bits per heavy atom. The first-order valence-electron chi connectivity index (χ1n) is 7.56. The molecule has 24 heavy (non-hydrogen) atoms. The second kappa shape index (κ2) is 6.57. The number of nitrogens with zero attached hydrogens (tertiary/aromatic N) is 4. The molecule has 0 radical (unpaired) electrons. The summed E-state index contributed by atoms with van der Waals surface area (Å²) in [6.07, 6.45) is 3.33. The van der Waals surface area contributed by atoms with E-state index in [4.69, 9.17) is 4.74 Å². The van der Waals surface area contributed by atoms with Gasteiger partial charge < -0.3 is 10.1 Å². The molecule has 0 unspecified atom stereocenters. The van der Waals surface area contributed by atoms with E-state index in [-0.39, 0.29) is 12.6 Å². The zero-order valence-electron chi connectivity index (χ0n) is 13.9. The highest BCUT2D eigenvalue weighted by atomic mass is 16.5. The lowest BCUT2D eigenvalue weighted by molar-refractivity contribution is 0.102. The Morgan fingerprint density at radius 3 is 2.75 bits per heavy atom. The molecule has 0 spiro atoms. The van der Waals surface area contributed by atoms with Crippen molar-refractivity contribution in [2.45, 2.75) is 20.6 Å². The molecule has 0 aliphatic rings. The molecule has 7 heteroatoms. The van der Waals surface area contributed by atoms with Gasteiger partial charge in [-0.3, -0.25) is 9.48 Å². The van der Waals surface area contributed by atoms with Crippen molar-refractivity contribution >= 4 is 11.6 Å². The van der Waals surface area contributed by atoms with Gasteiger partial charge in [0.05, 0.1) is 17.6 Å². The molecule has 0 atom stereocenters. The highest BCUT2D eigenvalue weighted by Crippen LogP contribution is 2.17. The predicted octanol–water partition coefficient (Wildman–Crippen LogP) is 2.52. The molecule has 0 fully saturated rings. The fraction of sp³-hybridized carbons (Fsp3) is 0.235. The molecule has 3 rings (SSSR count). The lowest BCUT2D eigenvalue weighted by atomic mass is 10.2. The van der Waals surface area contributed by atoms with E-state index in [1.54, 1.807) is 27.8 Å². The number of aryl methyl sites for hydroxylation is 2. The maximum absolute atomic E-state index is 12.3. The lowest BCUT2D eigenvalue weighted by Crippen LogP contribution is -2.14. The van der Waals surface area contributed by atoms with E-state index in [2.05, 4.69) is 15.5 Å². The number of nitrogens with one attached hydrogen (secondary N) is 1. The normalized spacial score (nSPS) is 10.6. The van der Waals surface area contributed by atoms with Crippen molar-refractivity contribution in [1.82, 2.24) is 19.6 Å². The molecule has 0 bridgehead atoms. The van der Waals surface area contributed by atoms with Crippen molar-refractivity contribution in [3.05, 3.63) is 59.7 Å². The summed E-state index contributed by atoms with van der Waals surface area (Å²) >= 11 is 0. The first-order chi connectivity index (χ1) is 11.5. The number of hydrogen-bond acceptors (Lipinski definition) is 4. The number of anilines is 1. The third-order valence-electron chi connectivity index (χ3n) is 3.80. The number of para-hydroxylation sites is 1. The molecular formula is C17H19N5O2. The molecule has 2 heterocycles. The Balaban J connectivity index is 1.63. The van der Waals surface area contributed by atoms with Crippen LogP contribution in [0.3, 0.4) is 0 Å². The first kappa shape index (κ1) is 15.8. The predicted molar refractivity (Wildman–Crippen MR) is 89.9 cm³/mol. The summed E-state index contributed by atoms with van der Waals surface area (Å²) in [5, 5.41) is 11.1. The molecule has 0 aliphatic carbocycles. The average molecular weight is 325 g/mol. The van der Waals surface area contributed by atoms with Crippen molar-refractivity contribution in [3.8, 4) is 5.75 Å². The smallest absolute Gasteiger partial charge is 0.276 e. The van der Waals surface area contributed by atoms with Crippen LogP contribution >= 0.6 is 0 Å². The van der Waals surface area contributed by atoms with Crippen LogP contribution in [0.1, 0.15) is 21.7 Å². The SMILES string of the molecule is Cc1ccccc1OCn1ccc(C(=O)Nc2cnn(C)c2C)n1. The molecule has 0 saturated carbocycles. The molecule has 124 valence electrons. The molecular weight excluding hydrogens is 306 g/mol. The molecule has 1 N–H and O–H groups in total. The van der Waals surface area contributed by atoms with Crippen LogP contribution in [-0.4, -0.2) is 25.5 Å². The fourth-order valence-corrected chi connectivity index (χ4v) is 2.22. The quantitative estimate of drug-likeness (QED) is 0.782. The van der Waals surface area contributed by atoms with Crippen LogP contribution in [0, 0.1) is 13.8 Å². The minimum atomic E-state index is -0.277. The Morgan fingerprint density at radius 2 is 2.04 bits per heavy atom. The van der Waals surface area contributed by atoms with E-state index in [1.807, 2.05) is 45.2 Å². The summed E-state index contributed by atoms with van der Waals surface area (Å²) in [5.41, 5.74) is 2.93. The maximum atomic E-state index is 12.3. The number of benzene rings is 1. The van der Waals surface area contributed by atoms with Gasteiger partial charge in [-0.15, -0.1) is 0 Å². The number of carbonyl (C=O) groups excluding carboxylic acids is 1. The van der Waals surface area contributed by atoms with Gasteiger partial charge >= 0.3 is 0 Å². The lowest BCUT2D eigenvalue weighted by Gasteiger charge is -2.08. The van der Waals surface area contributed by atoms with E-state index >= 15 is 0 Å². The third-order valence-corrected chi connectivity index (χ3v) is 3.80. The van der Waals surface area contributed by atoms with Crippen molar-refractivity contribution in [3.63, 3.8) is 0 Å². The Hall–Kier alpha value is -3.09. The van der Waals surface area contributed by atoms with Crippen LogP contribution < -0.4 is 10.1 Å². The van der Waals surface area contributed by atoms with Gasteiger partial charge in [0.15, 0.2) is 12.4 Å². The summed E-state index contributed by atoms with van der Waals surface area (Å²) in [4.78, 5) is 12.3. The summed E-state index contributed by atoms with van der Waals surface area (Å²) < 4.78 is 8.99. The molecule has 7 nitrogen and oxygen atoms in total. The van der Waals surface area contributed by atoms with E-state index in [0.29, 0.717) is 11.4 Å². The largest absolute Gasteiger partial charge is 0.471 e. The van der Waals surface area contributed by atoms with Crippen molar-refractivity contribution < 1.29 is 9.53 Å². The third kappa shape index (κ3) is 3.29. The Labute approximate surface area is 139 Å². The molecule has 1 aromatic carbocycles. The average Bonchev–Trinajstić information content (AvgIpc) is 3.16. The van der Waals surface area contributed by atoms with Gasteiger partial charge in [0.25, 0.3) is 5.91 Å².